The zero-order valence-electron chi connectivity index (χ0n) is 28.0. The number of ketones is 2. The Balaban J connectivity index is 1.57. The summed E-state index contributed by atoms with van der Waals surface area (Å²) in [5.41, 5.74) is 0. The van der Waals surface area contributed by atoms with E-state index in [1.165, 1.54) is 11.0 Å². The highest BCUT2D eigenvalue weighted by Gasteiger charge is 2.54. The van der Waals surface area contributed by atoms with Crippen molar-refractivity contribution in [3.05, 3.63) is 24.3 Å². The number of amides is 1. The first kappa shape index (κ1) is 36.4. The molecule has 3 heterocycles. The van der Waals surface area contributed by atoms with E-state index in [-0.39, 0.29) is 30.1 Å². The molecule has 3 N–H and O–H groups in total. The Morgan fingerprint density at radius 1 is 0.935 bits per heavy atom. The number of carbonyl (C=O) groups excluding carboxylic acids is 4. The predicted molar refractivity (Wildman–Crippen MR) is 171 cm³/mol. The van der Waals surface area contributed by atoms with E-state index in [0.29, 0.717) is 51.4 Å². The zero-order chi connectivity index (χ0) is 33.6. The minimum atomic E-state index is -2.40. The largest absolute Gasteiger partial charge is 0.461 e. The van der Waals surface area contributed by atoms with Gasteiger partial charge in [-0.1, -0.05) is 45.9 Å². The summed E-state index contributed by atoms with van der Waals surface area (Å²) >= 11 is 0. The van der Waals surface area contributed by atoms with Gasteiger partial charge < -0.3 is 29.7 Å². The summed E-state index contributed by atoms with van der Waals surface area (Å²) in [5.74, 6) is -6.11. The fourth-order valence-corrected chi connectivity index (χ4v) is 7.56. The van der Waals surface area contributed by atoms with Gasteiger partial charge in [-0.2, -0.15) is 0 Å². The maximum atomic E-state index is 13.7. The van der Waals surface area contributed by atoms with Crippen LogP contribution in [0.2, 0.25) is 0 Å². The molecule has 46 heavy (non-hydrogen) atoms. The van der Waals surface area contributed by atoms with Gasteiger partial charge in [-0.3, -0.25) is 14.4 Å². The lowest BCUT2D eigenvalue weighted by Crippen LogP contribution is -2.60. The number of ether oxygens (including phenoxy) is 2. The molecule has 0 spiro atoms. The Hall–Kier alpha value is -2.40. The van der Waals surface area contributed by atoms with Crippen molar-refractivity contribution in [3.8, 4) is 0 Å². The fourth-order valence-electron chi connectivity index (χ4n) is 7.56. The van der Waals surface area contributed by atoms with Gasteiger partial charge in [0.1, 0.15) is 12.1 Å². The molecule has 10 nitrogen and oxygen atoms in total. The van der Waals surface area contributed by atoms with Gasteiger partial charge in [0, 0.05) is 18.4 Å². The first-order valence-corrected chi connectivity index (χ1v) is 17.5. The molecule has 1 saturated carbocycles. The van der Waals surface area contributed by atoms with Gasteiger partial charge in [-0.25, -0.2) is 4.79 Å². The lowest BCUT2D eigenvalue weighted by atomic mass is 9.78. The topological polar surface area (TPSA) is 151 Å². The third kappa shape index (κ3) is 8.74. The molecule has 2 saturated heterocycles. The van der Waals surface area contributed by atoms with Crippen LogP contribution in [0.15, 0.2) is 24.3 Å². The molecule has 3 fully saturated rings. The van der Waals surface area contributed by atoms with Gasteiger partial charge in [0.05, 0.1) is 18.3 Å². The number of allylic oxidation sites excluding steroid dienone is 4. The van der Waals surface area contributed by atoms with Crippen LogP contribution in [0.25, 0.3) is 0 Å². The molecule has 3 aliphatic heterocycles. The lowest BCUT2D eigenvalue weighted by molar-refractivity contribution is -0.268. The highest BCUT2D eigenvalue weighted by molar-refractivity contribution is 6.39. The van der Waals surface area contributed by atoms with Crippen molar-refractivity contribution in [1.29, 1.82) is 0 Å². The lowest BCUT2D eigenvalue weighted by Gasteiger charge is -2.42. The molecule has 1 aliphatic carbocycles. The van der Waals surface area contributed by atoms with Crippen molar-refractivity contribution in [2.75, 3.05) is 6.54 Å². The van der Waals surface area contributed by atoms with E-state index in [1.54, 1.807) is 13.8 Å². The molecule has 1 amide bonds. The van der Waals surface area contributed by atoms with Gasteiger partial charge in [-0.05, 0) is 101 Å². The summed E-state index contributed by atoms with van der Waals surface area (Å²) in [7, 11) is 0. The van der Waals surface area contributed by atoms with Crippen LogP contribution in [0.3, 0.4) is 0 Å². The minimum absolute atomic E-state index is 0.0276. The Morgan fingerprint density at radius 2 is 1.67 bits per heavy atom. The molecular weight excluding hydrogens is 590 g/mol. The smallest absolute Gasteiger partial charge is 0.329 e. The molecule has 10 heteroatoms. The van der Waals surface area contributed by atoms with Crippen molar-refractivity contribution in [3.63, 3.8) is 0 Å². The third-order valence-corrected chi connectivity index (χ3v) is 10.8. The first-order valence-electron chi connectivity index (χ1n) is 17.5. The van der Waals surface area contributed by atoms with Crippen LogP contribution >= 0.6 is 0 Å². The second-order valence-electron chi connectivity index (χ2n) is 14.5. The summed E-state index contributed by atoms with van der Waals surface area (Å²) in [6, 6.07) is -0.951. The number of aliphatic hydroxyl groups is 3. The molecule has 4 rings (SSSR count). The molecule has 0 aromatic rings. The molecule has 0 aromatic heterocycles. The molecule has 258 valence electrons. The molecule has 0 aromatic carbocycles. The van der Waals surface area contributed by atoms with Crippen LogP contribution in [0.1, 0.15) is 105 Å². The second kappa shape index (κ2) is 16.1. The number of hydrogen-bond donors (Lipinski definition) is 3. The Kier molecular flexibility index (Phi) is 12.8. The summed E-state index contributed by atoms with van der Waals surface area (Å²) in [6.07, 6.45) is 12.1. The Morgan fingerprint density at radius 3 is 2.41 bits per heavy atom. The van der Waals surface area contributed by atoms with E-state index in [0.717, 1.165) is 25.7 Å². The zero-order valence-corrected chi connectivity index (χ0v) is 28.0. The number of carbonyl (C=O) groups is 4. The number of rotatable bonds is 3. The highest BCUT2D eigenvalue weighted by atomic mass is 16.6. The van der Waals surface area contributed by atoms with Crippen molar-refractivity contribution in [1.82, 2.24) is 4.90 Å². The van der Waals surface area contributed by atoms with Gasteiger partial charge in [-0.15, -0.1) is 0 Å². The van der Waals surface area contributed by atoms with E-state index < -0.39 is 65.7 Å². The van der Waals surface area contributed by atoms with Crippen molar-refractivity contribution >= 4 is 23.4 Å². The molecular formula is C36H55NO9. The van der Waals surface area contributed by atoms with Crippen molar-refractivity contribution < 1.29 is 44.0 Å². The van der Waals surface area contributed by atoms with E-state index in [4.69, 9.17) is 9.47 Å². The number of aliphatic hydroxyl groups excluding tert-OH is 2. The Labute approximate surface area is 273 Å². The standard InChI is InChI=1S/C36H55NO9/c1-22-10-7-5-6-8-12-28(38)25(4)32-18-14-24(3)36(44,46-32)33(41)34(42)37-19-9-11-27(37)35(43)45-31(17-13-22)23(2)20-26-15-16-29(39)30(40)21-26/h7-8,10,12,22-27,29-32,39-40,44H,5-6,9,11,13-21H2,1-4H3/b10-7+,12-8+/t22-,23+,24+,25-,26+,27-,29-,30-,31-,32-,36-/m0/s1. The van der Waals surface area contributed by atoms with E-state index >= 15 is 0 Å². The van der Waals surface area contributed by atoms with Gasteiger partial charge in [0.15, 0.2) is 5.78 Å². The van der Waals surface area contributed by atoms with Crippen LogP contribution in [0.4, 0.5) is 0 Å². The quantitative estimate of drug-likeness (QED) is 0.235. The van der Waals surface area contributed by atoms with Gasteiger partial charge >= 0.3 is 5.97 Å². The van der Waals surface area contributed by atoms with E-state index in [2.05, 4.69) is 19.1 Å². The third-order valence-electron chi connectivity index (χ3n) is 10.8. The maximum Gasteiger partial charge on any atom is 0.329 e. The van der Waals surface area contributed by atoms with Crippen LogP contribution in [-0.2, 0) is 28.7 Å². The fraction of sp³-hybridized carbons (Fsp3) is 0.778. The number of nitrogens with zero attached hydrogens (tertiary/aromatic N) is 1. The van der Waals surface area contributed by atoms with E-state index in [1.807, 2.05) is 13.0 Å². The average Bonchev–Trinajstić information content (AvgIpc) is 3.52. The first-order chi connectivity index (χ1) is 21.8. The number of fused-ring (bicyclic) bond motifs is 3. The minimum Gasteiger partial charge on any atom is -0.461 e. The molecule has 0 radical (unpaired) electrons. The molecule has 11 atom stereocenters. The number of hydrogen-bond acceptors (Lipinski definition) is 9. The number of Topliss-reactive ketones (excluding diaryl/α,β-unsaturated/α-hetero) is 1. The van der Waals surface area contributed by atoms with Crippen LogP contribution in [-0.4, -0.2) is 86.5 Å². The summed E-state index contributed by atoms with van der Waals surface area (Å²) in [6.45, 7) is 7.70. The van der Waals surface area contributed by atoms with Crippen LogP contribution < -0.4 is 0 Å². The van der Waals surface area contributed by atoms with Crippen LogP contribution in [0, 0.1) is 29.6 Å². The number of cyclic esters (lactones) is 1. The molecule has 2 bridgehead atoms. The second-order valence-corrected chi connectivity index (χ2v) is 14.5. The monoisotopic (exact) mass is 645 g/mol. The normalized spacial score (nSPS) is 41.2. The SMILES string of the molecule is C[C@H](C[C@H]1CC[C@H](O)[C@@H](O)C1)[C@@H]1CC[C@@H](C)/C=C/CC/C=C/C(=O)[C@H](C)[C@@H]2CC[C@@H](C)[C@](O)(O2)C(=O)C(=O)N2CCC[C@H]2C(=O)O1. The maximum absolute atomic E-state index is 13.7. The van der Waals surface area contributed by atoms with Crippen molar-refractivity contribution in [2.45, 2.75) is 141 Å². The van der Waals surface area contributed by atoms with Crippen LogP contribution in [0.5, 0.6) is 0 Å². The highest BCUT2D eigenvalue weighted by Crippen LogP contribution is 2.37. The average molecular weight is 646 g/mol. The van der Waals surface area contributed by atoms with E-state index in [9.17, 15) is 34.5 Å². The van der Waals surface area contributed by atoms with Gasteiger partial charge in [0.25, 0.3) is 11.7 Å². The summed E-state index contributed by atoms with van der Waals surface area (Å²) in [5, 5.41) is 31.7. The van der Waals surface area contributed by atoms with Gasteiger partial charge in [0.2, 0.25) is 5.79 Å². The molecule has 0 unspecified atom stereocenters. The Bertz CT molecular complexity index is 1150. The summed E-state index contributed by atoms with van der Waals surface area (Å²) < 4.78 is 12.1. The summed E-state index contributed by atoms with van der Waals surface area (Å²) in [4.78, 5) is 55.2. The predicted octanol–water partition coefficient (Wildman–Crippen LogP) is 4.04. The molecule has 4 aliphatic rings. The van der Waals surface area contributed by atoms with Crippen molar-refractivity contribution in [2.24, 2.45) is 29.6 Å². The number of esters is 1.